The number of carbonyl (C=O) groups is 2. The van der Waals surface area contributed by atoms with Crippen LogP contribution in [-0.2, 0) is 19.6 Å². The van der Waals surface area contributed by atoms with Gasteiger partial charge in [0, 0.05) is 5.69 Å². The first-order valence-electron chi connectivity index (χ1n) is 8.39. The number of carbonyl (C=O) groups excluding carboxylic acids is 2. The lowest BCUT2D eigenvalue weighted by Gasteiger charge is -2.10. The van der Waals surface area contributed by atoms with Gasteiger partial charge in [-0.25, -0.2) is 18.4 Å². The molecular weight excluding hydrogens is 384 g/mol. The van der Waals surface area contributed by atoms with Crippen molar-refractivity contribution in [2.45, 2.75) is 24.7 Å². The highest BCUT2D eigenvalue weighted by Crippen LogP contribution is 2.24. The summed E-state index contributed by atoms with van der Waals surface area (Å²) < 4.78 is 33.1. The SMILES string of the molecule is COc1ccc(C(=O)OCC(=O)Nc2ccc(C(C)C)cc2)cc1S(N)(=O)=O. The van der Waals surface area contributed by atoms with Crippen molar-refractivity contribution >= 4 is 27.6 Å². The number of primary sulfonamides is 1. The van der Waals surface area contributed by atoms with Gasteiger partial charge in [0.1, 0.15) is 10.6 Å². The molecule has 0 aliphatic rings. The molecule has 0 unspecified atom stereocenters. The Bertz CT molecular complexity index is 968. The van der Waals surface area contributed by atoms with Gasteiger partial charge in [-0.1, -0.05) is 26.0 Å². The van der Waals surface area contributed by atoms with E-state index < -0.39 is 28.5 Å². The molecule has 2 rings (SSSR count). The van der Waals surface area contributed by atoms with Crippen molar-refractivity contribution < 1.29 is 27.5 Å². The number of amides is 1. The standard InChI is InChI=1S/C19H22N2O6S/c1-12(2)13-4-7-15(8-5-13)21-18(22)11-27-19(23)14-6-9-16(26-3)17(10-14)28(20,24)25/h4-10,12H,11H2,1-3H3,(H,21,22)(H2,20,24,25). The zero-order valence-corrected chi connectivity index (χ0v) is 16.6. The van der Waals surface area contributed by atoms with Crippen molar-refractivity contribution in [2.24, 2.45) is 5.14 Å². The topological polar surface area (TPSA) is 125 Å². The molecule has 0 saturated heterocycles. The number of rotatable bonds is 7. The highest BCUT2D eigenvalue weighted by atomic mass is 32.2. The van der Waals surface area contributed by atoms with Crippen molar-refractivity contribution in [2.75, 3.05) is 19.0 Å². The summed E-state index contributed by atoms with van der Waals surface area (Å²) >= 11 is 0. The molecule has 1 amide bonds. The minimum atomic E-state index is -4.10. The third kappa shape index (κ3) is 5.54. The molecule has 0 radical (unpaired) electrons. The molecule has 3 N–H and O–H groups in total. The quantitative estimate of drug-likeness (QED) is 0.680. The van der Waals surface area contributed by atoms with Crippen molar-refractivity contribution in [1.29, 1.82) is 0 Å². The summed E-state index contributed by atoms with van der Waals surface area (Å²) in [6, 6.07) is 11.0. The average molecular weight is 406 g/mol. The molecule has 28 heavy (non-hydrogen) atoms. The Morgan fingerprint density at radius 2 is 1.75 bits per heavy atom. The molecule has 0 bridgehead atoms. The second-order valence-electron chi connectivity index (χ2n) is 6.31. The van der Waals surface area contributed by atoms with Gasteiger partial charge in [-0.05, 0) is 41.8 Å². The molecule has 0 heterocycles. The molecule has 2 aromatic carbocycles. The predicted molar refractivity (Wildman–Crippen MR) is 104 cm³/mol. The fourth-order valence-corrected chi connectivity index (χ4v) is 3.11. The van der Waals surface area contributed by atoms with Gasteiger partial charge in [-0.3, -0.25) is 4.79 Å². The molecule has 0 aromatic heterocycles. The van der Waals surface area contributed by atoms with Crippen molar-refractivity contribution in [3.05, 3.63) is 53.6 Å². The van der Waals surface area contributed by atoms with Gasteiger partial charge in [0.05, 0.1) is 12.7 Å². The van der Waals surface area contributed by atoms with E-state index in [1.165, 1.54) is 19.2 Å². The molecule has 150 valence electrons. The van der Waals surface area contributed by atoms with E-state index in [0.29, 0.717) is 11.6 Å². The first-order valence-corrected chi connectivity index (χ1v) is 9.94. The van der Waals surface area contributed by atoms with Crippen LogP contribution in [0.25, 0.3) is 0 Å². The molecule has 8 nitrogen and oxygen atoms in total. The maximum absolute atomic E-state index is 12.1. The van der Waals surface area contributed by atoms with E-state index in [0.717, 1.165) is 11.6 Å². The lowest BCUT2D eigenvalue weighted by atomic mass is 10.0. The number of anilines is 1. The smallest absolute Gasteiger partial charge is 0.338 e. The number of methoxy groups -OCH3 is 1. The Hall–Kier alpha value is -2.91. The second-order valence-corrected chi connectivity index (χ2v) is 7.84. The first-order chi connectivity index (χ1) is 13.1. The van der Waals surface area contributed by atoms with Gasteiger partial charge in [0.2, 0.25) is 10.0 Å². The molecule has 0 saturated carbocycles. The number of hydrogen-bond acceptors (Lipinski definition) is 6. The minimum absolute atomic E-state index is 0.00152. The fourth-order valence-electron chi connectivity index (χ4n) is 2.39. The lowest BCUT2D eigenvalue weighted by Crippen LogP contribution is -2.21. The third-order valence-corrected chi connectivity index (χ3v) is 4.83. The summed E-state index contributed by atoms with van der Waals surface area (Å²) in [7, 11) is -2.82. The summed E-state index contributed by atoms with van der Waals surface area (Å²) in [5.41, 5.74) is 1.64. The average Bonchev–Trinajstić information content (AvgIpc) is 2.65. The zero-order valence-electron chi connectivity index (χ0n) is 15.8. The summed E-state index contributed by atoms with van der Waals surface area (Å²) in [6.07, 6.45) is 0. The number of ether oxygens (including phenoxy) is 2. The van der Waals surface area contributed by atoms with E-state index in [4.69, 9.17) is 14.6 Å². The summed E-state index contributed by atoms with van der Waals surface area (Å²) in [5, 5.41) is 7.73. The second kappa shape index (κ2) is 8.85. The highest BCUT2D eigenvalue weighted by molar-refractivity contribution is 7.89. The maximum Gasteiger partial charge on any atom is 0.338 e. The van der Waals surface area contributed by atoms with E-state index in [1.54, 1.807) is 12.1 Å². The molecule has 0 spiro atoms. The zero-order chi connectivity index (χ0) is 20.9. The maximum atomic E-state index is 12.1. The lowest BCUT2D eigenvalue weighted by molar-refractivity contribution is -0.119. The van der Waals surface area contributed by atoms with Crippen molar-refractivity contribution in [1.82, 2.24) is 0 Å². The molecular formula is C19H22N2O6S. The van der Waals surface area contributed by atoms with Crippen LogP contribution in [0.5, 0.6) is 5.75 Å². The van der Waals surface area contributed by atoms with E-state index in [2.05, 4.69) is 19.2 Å². The fraction of sp³-hybridized carbons (Fsp3) is 0.263. The van der Waals surface area contributed by atoms with Gasteiger partial charge in [-0.15, -0.1) is 0 Å². The monoisotopic (exact) mass is 406 g/mol. The first kappa shape index (κ1) is 21.4. The van der Waals surface area contributed by atoms with Crippen LogP contribution in [0.4, 0.5) is 5.69 Å². The Morgan fingerprint density at radius 1 is 1.11 bits per heavy atom. The number of nitrogens with two attached hydrogens (primary N) is 1. The third-order valence-electron chi connectivity index (χ3n) is 3.90. The molecule has 0 aliphatic carbocycles. The Balaban J connectivity index is 2.00. The van der Waals surface area contributed by atoms with Crippen molar-refractivity contribution in [3.63, 3.8) is 0 Å². The van der Waals surface area contributed by atoms with Crippen LogP contribution in [0.1, 0.15) is 35.7 Å². The Labute approximate surface area is 163 Å². The normalized spacial score (nSPS) is 11.2. The van der Waals surface area contributed by atoms with E-state index in [9.17, 15) is 18.0 Å². The number of hydrogen-bond donors (Lipinski definition) is 2. The van der Waals surface area contributed by atoms with Crippen LogP contribution in [-0.4, -0.2) is 34.0 Å². The number of benzene rings is 2. The largest absolute Gasteiger partial charge is 0.495 e. The summed E-state index contributed by atoms with van der Waals surface area (Å²) in [5.74, 6) is -1.01. The van der Waals surface area contributed by atoms with E-state index in [-0.39, 0.29) is 16.2 Å². The van der Waals surface area contributed by atoms with Gasteiger partial charge >= 0.3 is 5.97 Å². The Kier molecular flexibility index (Phi) is 6.76. The van der Waals surface area contributed by atoms with Crippen LogP contribution < -0.4 is 15.2 Å². The number of esters is 1. The van der Waals surface area contributed by atoms with Crippen LogP contribution >= 0.6 is 0 Å². The Morgan fingerprint density at radius 3 is 2.29 bits per heavy atom. The van der Waals surface area contributed by atoms with Crippen LogP contribution in [0.2, 0.25) is 0 Å². The van der Waals surface area contributed by atoms with Crippen LogP contribution in [0.3, 0.4) is 0 Å². The molecule has 2 aromatic rings. The number of sulfonamides is 1. The van der Waals surface area contributed by atoms with Gasteiger partial charge < -0.3 is 14.8 Å². The molecule has 0 fully saturated rings. The molecule has 0 atom stereocenters. The van der Waals surface area contributed by atoms with E-state index in [1.807, 2.05) is 12.1 Å². The molecule has 0 aliphatic heterocycles. The van der Waals surface area contributed by atoms with Gasteiger partial charge in [0.15, 0.2) is 6.61 Å². The van der Waals surface area contributed by atoms with Crippen LogP contribution in [0.15, 0.2) is 47.4 Å². The number of nitrogens with one attached hydrogen (secondary N) is 1. The van der Waals surface area contributed by atoms with E-state index >= 15 is 0 Å². The van der Waals surface area contributed by atoms with Crippen LogP contribution in [0, 0.1) is 0 Å². The molecule has 9 heteroatoms. The summed E-state index contributed by atoms with van der Waals surface area (Å²) in [4.78, 5) is 23.7. The minimum Gasteiger partial charge on any atom is -0.495 e. The van der Waals surface area contributed by atoms with Crippen molar-refractivity contribution in [3.8, 4) is 5.75 Å². The van der Waals surface area contributed by atoms with Gasteiger partial charge in [-0.2, -0.15) is 0 Å². The summed E-state index contributed by atoms with van der Waals surface area (Å²) in [6.45, 7) is 3.60. The van der Waals surface area contributed by atoms with Gasteiger partial charge in [0.25, 0.3) is 5.91 Å². The highest BCUT2D eigenvalue weighted by Gasteiger charge is 2.19. The predicted octanol–water partition coefficient (Wildman–Crippen LogP) is 2.26.